The van der Waals surface area contributed by atoms with Gasteiger partial charge in [0.1, 0.15) is 0 Å². The number of anilines is 1. The van der Waals surface area contributed by atoms with Crippen molar-refractivity contribution < 1.29 is 9.59 Å². The zero-order valence-electron chi connectivity index (χ0n) is 10.0. The zero-order valence-corrected chi connectivity index (χ0v) is 10.0. The van der Waals surface area contributed by atoms with Gasteiger partial charge in [-0.05, 0) is 30.0 Å². The van der Waals surface area contributed by atoms with E-state index in [1.807, 2.05) is 18.2 Å². The van der Waals surface area contributed by atoms with Crippen LogP contribution in [0.15, 0.2) is 36.4 Å². The number of imide groups is 1. The van der Waals surface area contributed by atoms with E-state index in [1.54, 1.807) is 6.07 Å². The molecule has 88 valence electrons. The van der Waals surface area contributed by atoms with Crippen LogP contribution in [0.25, 0.3) is 0 Å². The number of hydrogen-bond acceptors (Lipinski definition) is 2. The van der Waals surface area contributed by atoms with Crippen LogP contribution in [0.4, 0.5) is 5.69 Å². The molecule has 0 aliphatic carbocycles. The Morgan fingerprint density at radius 3 is 2.35 bits per heavy atom. The van der Waals surface area contributed by atoms with Crippen LogP contribution in [0.5, 0.6) is 0 Å². The first-order valence-corrected chi connectivity index (χ1v) is 5.73. The number of carbonyl (C=O) groups excluding carboxylic acids is 2. The third kappa shape index (κ3) is 2.44. The molecule has 0 saturated carbocycles. The second-order valence-electron chi connectivity index (χ2n) is 4.61. The topological polar surface area (TPSA) is 37.4 Å². The van der Waals surface area contributed by atoms with E-state index in [9.17, 15) is 9.59 Å². The first-order chi connectivity index (χ1) is 8.08. The van der Waals surface area contributed by atoms with E-state index >= 15 is 0 Å². The highest BCUT2D eigenvalue weighted by Crippen LogP contribution is 2.21. The van der Waals surface area contributed by atoms with Crippen molar-refractivity contribution in [3.8, 4) is 0 Å². The van der Waals surface area contributed by atoms with Crippen LogP contribution in [0.3, 0.4) is 0 Å². The molecule has 0 N–H and O–H groups in total. The Morgan fingerprint density at radius 1 is 1.12 bits per heavy atom. The Bertz CT molecular complexity index is 471. The smallest absolute Gasteiger partial charge is 0.258 e. The van der Waals surface area contributed by atoms with Gasteiger partial charge in [-0.25, -0.2) is 4.90 Å². The minimum atomic E-state index is -0.267. The van der Waals surface area contributed by atoms with Crippen LogP contribution in [0, 0.1) is 5.92 Å². The number of amides is 2. The third-order valence-electron chi connectivity index (χ3n) is 2.62. The molecule has 1 aromatic rings. The molecule has 1 aliphatic heterocycles. The number of hydrogen-bond donors (Lipinski definition) is 0. The molecule has 0 saturated heterocycles. The van der Waals surface area contributed by atoms with Crippen molar-refractivity contribution in [1.29, 1.82) is 0 Å². The van der Waals surface area contributed by atoms with Gasteiger partial charge < -0.3 is 0 Å². The van der Waals surface area contributed by atoms with E-state index in [1.165, 1.54) is 17.1 Å². The van der Waals surface area contributed by atoms with E-state index in [4.69, 9.17) is 0 Å². The maximum absolute atomic E-state index is 11.5. The second kappa shape index (κ2) is 4.53. The lowest BCUT2D eigenvalue weighted by Gasteiger charge is -2.15. The normalized spacial score (nSPS) is 15.1. The summed E-state index contributed by atoms with van der Waals surface area (Å²) in [4.78, 5) is 24.3. The Labute approximate surface area is 101 Å². The van der Waals surface area contributed by atoms with Crippen molar-refractivity contribution >= 4 is 17.5 Å². The first-order valence-electron chi connectivity index (χ1n) is 5.73. The van der Waals surface area contributed by atoms with Gasteiger partial charge in [0.2, 0.25) is 0 Å². The fraction of sp³-hybridized carbons (Fsp3) is 0.286. The lowest BCUT2D eigenvalue weighted by atomic mass is 10.0. The predicted octanol–water partition coefficient (Wildman–Crippen LogP) is 2.31. The quantitative estimate of drug-likeness (QED) is 0.746. The SMILES string of the molecule is CC(C)Cc1cccc(N2C(=O)C=CC2=O)c1. The number of carbonyl (C=O) groups is 2. The Kier molecular flexibility index (Phi) is 3.09. The summed E-state index contributed by atoms with van der Waals surface area (Å²) in [6, 6.07) is 7.59. The predicted molar refractivity (Wildman–Crippen MR) is 66.6 cm³/mol. The number of nitrogens with zero attached hydrogens (tertiary/aromatic N) is 1. The monoisotopic (exact) mass is 229 g/mol. The van der Waals surface area contributed by atoms with Crippen molar-refractivity contribution in [2.24, 2.45) is 5.92 Å². The Balaban J connectivity index is 2.27. The molecule has 0 aromatic heterocycles. The molecule has 2 amide bonds. The summed E-state index contributed by atoms with van der Waals surface area (Å²) >= 11 is 0. The minimum absolute atomic E-state index is 0.267. The van der Waals surface area contributed by atoms with Crippen LogP contribution in [-0.2, 0) is 16.0 Å². The maximum Gasteiger partial charge on any atom is 0.258 e. The standard InChI is InChI=1S/C14H15NO2/c1-10(2)8-11-4-3-5-12(9-11)15-13(16)6-7-14(15)17/h3-7,9-10H,8H2,1-2H3. The molecule has 0 atom stereocenters. The van der Waals surface area contributed by atoms with Gasteiger partial charge in [0.15, 0.2) is 0 Å². The van der Waals surface area contributed by atoms with Gasteiger partial charge in [0, 0.05) is 12.2 Å². The first kappa shape index (κ1) is 11.6. The second-order valence-corrected chi connectivity index (χ2v) is 4.61. The van der Waals surface area contributed by atoms with Crippen LogP contribution < -0.4 is 4.90 Å². The van der Waals surface area contributed by atoms with Gasteiger partial charge in [0.25, 0.3) is 11.8 Å². The van der Waals surface area contributed by atoms with Crippen molar-refractivity contribution in [1.82, 2.24) is 0 Å². The summed E-state index contributed by atoms with van der Waals surface area (Å²) in [5, 5.41) is 0. The van der Waals surface area contributed by atoms with E-state index in [0.29, 0.717) is 11.6 Å². The molecule has 1 heterocycles. The van der Waals surface area contributed by atoms with Gasteiger partial charge in [0.05, 0.1) is 5.69 Å². The molecule has 1 aromatic carbocycles. The van der Waals surface area contributed by atoms with Gasteiger partial charge in [-0.3, -0.25) is 9.59 Å². The third-order valence-corrected chi connectivity index (χ3v) is 2.62. The molecule has 0 radical (unpaired) electrons. The van der Waals surface area contributed by atoms with E-state index < -0.39 is 0 Å². The van der Waals surface area contributed by atoms with Crippen molar-refractivity contribution in [2.45, 2.75) is 20.3 Å². The average molecular weight is 229 g/mol. The molecule has 3 nitrogen and oxygen atoms in total. The zero-order chi connectivity index (χ0) is 12.4. The largest absolute Gasteiger partial charge is 0.269 e. The summed E-state index contributed by atoms with van der Waals surface area (Å²) in [7, 11) is 0. The van der Waals surface area contributed by atoms with Gasteiger partial charge in [-0.15, -0.1) is 0 Å². The number of rotatable bonds is 3. The maximum atomic E-state index is 11.5. The molecule has 3 heteroatoms. The Morgan fingerprint density at radius 2 is 1.76 bits per heavy atom. The summed E-state index contributed by atoms with van der Waals surface area (Å²) in [5.74, 6) is 0.0155. The Hall–Kier alpha value is -1.90. The molecule has 17 heavy (non-hydrogen) atoms. The average Bonchev–Trinajstić information content (AvgIpc) is 2.58. The highest BCUT2D eigenvalue weighted by Gasteiger charge is 2.24. The highest BCUT2D eigenvalue weighted by molar-refractivity contribution is 6.28. The van der Waals surface area contributed by atoms with Crippen LogP contribution in [0.1, 0.15) is 19.4 Å². The summed E-state index contributed by atoms with van der Waals surface area (Å²) in [6.07, 6.45) is 3.55. The van der Waals surface area contributed by atoms with Crippen LogP contribution in [0.2, 0.25) is 0 Å². The van der Waals surface area contributed by atoms with Gasteiger partial charge in [-0.2, -0.15) is 0 Å². The summed E-state index contributed by atoms with van der Waals surface area (Å²) in [5.41, 5.74) is 1.80. The molecule has 0 fully saturated rings. The lowest BCUT2D eigenvalue weighted by molar-refractivity contribution is -0.119. The minimum Gasteiger partial charge on any atom is -0.269 e. The van der Waals surface area contributed by atoms with Crippen molar-refractivity contribution in [3.05, 3.63) is 42.0 Å². The van der Waals surface area contributed by atoms with Crippen molar-refractivity contribution in [3.63, 3.8) is 0 Å². The van der Waals surface area contributed by atoms with Crippen molar-refractivity contribution in [2.75, 3.05) is 4.90 Å². The molecular weight excluding hydrogens is 214 g/mol. The van der Waals surface area contributed by atoms with E-state index in [-0.39, 0.29) is 11.8 Å². The molecule has 0 spiro atoms. The molecule has 0 unspecified atom stereocenters. The van der Waals surface area contributed by atoms with Crippen LogP contribution in [-0.4, -0.2) is 11.8 Å². The van der Waals surface area contributed by atoms with E-state index in [2.05, 4.69) is 13.8 Å². The fourth-order valence-corrected chi connectivity index (χ4v) is 1.95. The van der Waals surface area contributed by atoms with Crippen LogP contribution >= 0.6 is 0 Å². The fourth-order valence-electron chi connectivity index (χ4n) is 1.95. The van der Waals surface area contributed by atoms with Gasteiger partial charge >= 0.3 is 0 Å². The number of benzene rings is 1. The highest BCUT2D eigenvalue weighted by atomic mass is 16.2. The molecule has 0 bridgehead atoms. The lowest BCUT2D eigenvalue weighted by Crippen LogP contribution is -2.29. The summed E-state index contributed by atoms with van der Waals surface area (Å²) in [6.45, 7) is 4.28. The molecule has 1 aliphatic rings. The molecule has 2 rings (SSSR count). The van der Waals surface area contributed by atoms with E-state index in [0.717, 1.165) is 12.0 Å². The molecular formula is C14H15NO2. The summed E-state index contributed by atoms with van der Waals surface area (Å²) < 4.78 is 0. The van der Waals surface area contributed by atoms with Gasteiger partial charge in [-0.1, -0.05) is 26.0 Å².